The summed E-state index contributed by atoms with van der Waals surface area (Å²) in [5.41, 5.74) is 0.636. The number of hydrogen-bond donors (Lipinski definition) is 2. The Bertz CT molecular complexity index is 611. The molecule has 1 heterocycles. The number of aliphatic hydroxyl groups excluding tert-OH is 1. The molecule has 1 aliphatic heterocycles. The zero-order valence-corrected chi connectivity index (χ0v) is 13.5. The number of amides is 2. The molecule has 6 nitrogen and oxygen atoms in total. The molecule has 2 amide bonds. The Labute approximate surface area is 135 Å². The normalized spacial score (nSPS) is 18.5. The summed E-state index contributed by atoms with van der Waals surface area (Å²) in [4.78, 5) is 26.0. The van der Waals surface area contributed by atoms with E-state index >= 15 is 0 Å². The van der Waals surface area contributed by atoms with Crippen molar-refractivity contribution in [1.29, 1.82) is 0 Å². The third-order valence-electron chi connectivity index (χ3n) is 3.70. The molecule has 0 radical (unpaired) electrons. The Morgan fingerprint density at radius 2 is 2.09 bits per heavy atom. The fourth-order valence-electron chi connectivity index (χ4n) is 2.43. The lowest BCUT2D eigenvalue weighted by Gasteiger charge is -2.39. The largest absolute Gasteiger partial charge is 0.465 e. The first-order valence-electron chi connectivity index (χ1n) is 6.70. The van der Waals surface area contributed by atoms with Crippen molar-refractivity contribution in [1.82, 2.24) is 9.80 Å². The molecule has 0 unspecified atom stereocenters. The van der Waals surface area contributed by atoms with Crippen molar-refractivity contribution in [3.63, 3.8) is 0 Å². The summed E-state index contributed by atoms with van der Waals surface area (Å²) in [6, 6.07) is 1.99. The summed E-state index contributed by atoms with van der Waals surface area (Å²) >= 11 is 3.20. The van der Waals surface area contributed by atoms with E-state index in [1.54, 1.807) is 6.92 Å². The van der Waals surface area contributed by atoms with Gasteiger partial charge in [-0.2, -0.15) is 0 Å². The maximum absolute atomic E-state index is 14.0. The summed E-state index contributed by atoms with van der Waals surface area (Å²) in [5.74, 6) is -1.20. The molecule has 0 bridgehead atoms. The van der Waals surface area contributed by atoms with Gasteiger partial charge in [-0.3, -0.25) is 4.79 Å². The van der Waals surface area contributed by atoms with E-state index in [0.717, 1.165) is 10.5 Å². The van der Waals surface area contributed by atoms with E-state index in [0.29, 0.717) is 4.47 Å². The summed E-state index contributed by atoms with van der Waals surface area (Å²) in [6.45, 7) is 1.62. The second-order valence-electron chi connectivity index (χ2n) is 5.14. The van der Waals surface area contributed by atoms with E-state index < -0.39 is 23.9 Å². The van der Waals surface area contributed by atoms with E-state index in [-0.39, 0.29) is 31.8 Å². The third kappa shape index (κ3) is 3.22. The molecule has 8 heteroatoms. The summed E-state index contributed by atoms with van der Waals surface area (Å²) in [7, 11) is 0. The predicted octanol–water partition coefficient (Wildman–Crippen LogP) is 1.69. The first kappa shape index (κ1) is 16.7. The molecular weight excluding hydrogens is 359 g/mol. The van der Waals surface area contributed by atoms with Crippen molar-refractivity contribution in [3.05, 3.63) is 33.5 Å². The fourth-order valence-corrected chi connectivity index (χ4v) is 2.74. The molecule has 2 rings (SSSR count). The Kier molecular flexibility index (Phi) is 5.02. The maximum Gasteiger partial charge on any atom is 0.407 e. The standard InChI is InChI=1S/C14H16BrFN2O4/c1-8-4-10(12(16)5-11(8)15)13(20)18-3-2-17(14(21)22)6-9(18)7-19/h4-5,9,19H,2-3,6-7H2,1H3,(H,21,22)/t9-/m1/s1. The van der Waals surface area contributed by atoms with Gasteiger partial charge in [-0.05, 0) is 24.6 Å². The van der Waals surface area contributed by atoms with E-state index in [1.165, 1.54) is 17.0 Å². The average Bonchev–Trinajstić information content (AvgIpc) is 2.49. The van der Waals surface area contributed by atoms with Crippen molar-refractivity contribution in [2.24, 2.45) is 0 Å². The van der Waals surface area contributed by atoms with Crippen LogP contribution < -0.4 is 0 Å². The van der Waals surface area contributed by atoms with Crippen LogP contribution in [0.4, 0.5) is 9.18 Å². The first-order valence-corrected chi connectivity index (χ1v) is 7.49. The van der Waals surface area contributed by atoms with Gasteiger partial charge in [-0.1, -0.05) is 15.9 Å². The number of rotatable bonds is 2. The molecule has 0 saturated carbocycles. The minimum absolute atomic E-state index is 0.00863. The van der Waals surface area contributed by atoms with E-state index in [9.17, 15) is 19.1 Å². The van der Waals surface area contributed by atoms with E-state index in [1.807, 2.05) is 0 Å². The second-order valence-corrected chi connectivity index (χ2v) is 6.00. The smallest absolute Gasteiger partial charge is 0.407 e. The van der Waals surface area contributed by atoms with E-state index in [2.05, 4.69) is 15.9 Å². The maximum atomic E-state index is 14.0. The Balaban J connectivity index is 2.25. The van der Waals surface area contributed by atoms with Gasteiger partial charge in [-0.15, -0.1) is 0 Å². The van der Waals surface area contributed by atoms with Gasteiger partial charge >= 0.3 is 6.09 Å². The van der Waals surface area contributed by atoms with Gasteiger partial charge in [0, 0.05) is 24.1 Å². The van der Waals surface area contributed by atoms with Gasteiger partial charge in [0.2, 0.25) is 0 Å². The number of hydrogen-bond acceptors (Lipinski definition) is 3. The van der Waals surface area contributed by atoms with Crippen molar-refractivity contribution < 1.29 is 24.2 Å². The molecule has 1 aromatic rings. The molecule has 1 atom stereocenters. The Morgan fingerprint density at radius 3 is 2.68 bits per heavy atom. The van der Waals surface area contributed by atoms with Crippen LogP contribution in [-0.2, 0) is 0 Å². The van der Waals surface area contributed by atoms with Gasteiger partial charge in [0.25, 0.3) is 5.91 Å². The average molecular weight is 375 g/mol. The van der Waals surface area contributed by atoms with Crippen molar-refractivity contribution in [3.8, 4) is 0 Å². The number of aryl methyl sites for hydroxylation is 1. The lowest BCUT2D eigenvalue weighted by Crippen LogP contribution is -2.57. The number of nitrogens with zero attached hydrogens (tertiary/aromatic N) is 2. The highest BCUT2D eigenvalue weighted by atomic mass is 79.9. The molecule has 0 aliphatic carbocycles. The minimum atomic E-state index is -1.10. The topological polar surface area (TPSA) is 81.1 Å². The van der Waals surface area contributed by atoms with Gasteiger partial charge in [0.1, 0.15) is 5.82 Å². The number of carbonyl (C=O) groups excluding carboxylic acids is 1. The van der Waals surface area contributed by atoms with Crippen LogP contribution in [0.15, 0.2) is 16.6 Å². The molecule has 120 valence electrons. The molecule has 2 N–H and O–H groups in total. The second kappa shape index (κ2) is 6.62. The summed E-state index contributed by atoms with van der Waals surface area (Å²) < 4.78 is 14.6. The number of carbonyl (C=O) groups is 2. The zero-order valence-electron chi connectivity index (χ0n) is 11.9. The molecule has 1 aromatic carbocycles. The zero-order chi connectivity index (χ0) is 16.4. The van der Waals surface area contributed by atoms with Gasteiger partial charge in [0.05, 0.1) is 18.2 Å². The number of aliphatic hydroxyl groups is 1. The SMILES string of the molecule is Cc1cc(C(=O)N2CCN(C(=O)O)C[C@@H]2CO)c(F)cc1Br. The molecule has 22 heavy (non-hydrogen) atoms. The fraction of sp³-hybridized carbons (Fsp3) is 0.429. The van der Waals surface area contributed by atoms with Crippen LogP contribution >= 0.6 is 15.9 Å². The van der Waals surface area contributed by atoms with Crippen molar-refractivity contribution in [2.45, 2.75) is 13.0 Å². The Hall–Kier alpha value is -1.67. The minimum Gasteiger partial charge on any atom is -0.465 e. The predicted molar refractivity (Wildman–Crippen MR) is 80.3 cm³/mol. The number of benzene rings is 1. The Morgan fingerprint density at radius 1 is 1.41 bits per heavy atom. The molecule has 1 saturated heterocycles. The van der Waals surface area contributed by atoms with E-state index in [4.69, 9.17) is 5.11 Å². The van der Waals surface area contributed by atoms with Crippen molar-refractivity contribution >= 4 is 27.9 Å². The monoisotopic (exact) mass is 374 g/mol. The van der Waals surface area contributed by atoms with Crippen LogP contribution in [-0.4, -0.2) is 64.3 Å². The van der Waals surface area contributed by atoms with Gasteiger partial charge in [0.15, 0.2) is 0 Å². The first-order chi connectivity index (χ1) is 10.3. The number of piperazine rings is 1. The molecule has 1 fully saturated rings. The number of carboxylic acid groups (broad SMARTS) is 1. The summed E-state index contributed by atoms with van der Waals surface area (Å²) in [5, 5.41) is 18.4. The quantitative estimate of drug-likeness (QED) is 0.825. The van der Waals surface area contributed by atoms with Crippen LogP contribution in [0, 0.1) is 12.7 Å². The molecule has 1 aliphatic rings. The lowest BCUT2D eigenvalue weighted by atomic mass is 10.1. The highest BCUT2D eigenvalue weighted by Gasteiger charge is 2.33. The highest BCUT2D eigenvalue weighted by Crippen LogP contribution is 2.23. The van der Waals surface area contributed by atoms with Gasteiger partial charge in [-0.25, -0.2) is 9.18 Å². The molecule has 0 spiro atoms. The molecular formula is C14H16BrFN2O4. The van der Waals surface area contributed by atoms with Crippen LogP contribution in [0.25, 0.3) is 0 Å². The summed E-state index contributed by atoms with van der Waals surface area (Å²) in [6.07, 6.45) is -1.10. The van der Waals surface area contributed by atoms with Crippen LogP contribution in [0.5, 0.6) is 0 Å². The van der Waals surface area contributed by atoms with Crippen LogP contribution in [0.2, 0.25) is 0 Å². The third-order valence-corrected chi connectivity index (χ3v) is 4.56. The van der Waals surface area contributed by atoms with Crippen LogP contribution in [0.1, 0.15) is 15.9 Å². The van der Waals surface area contributed by atoms with Crippen LogP contribution in [0.3, 0.4) is 0 Å². The number of halogens is 2. The highest BCUT2D eigenvalue weighted by molar-refractivity contribution is 9.10. The van der Waals surface area contributed by atoms with Crippen molar-refractivity contribution in [2.75, 3.05) is 26.2 Å². The molecule has 0 aromatic heterocycles. The van der Waals surface area contributed by atoms with Gasteiger partial charge < -0.3 is 20.0 Å². The lowest BCUT2D eigenvalue weighted by molar-refractivity contribution is 0.0306.